The van der Waals surface area contributed by atoms with Crippen LogP contribution in [0.3, 0.4) is 0 Å². The Kier molecular flexibility index (Phi) is 7.24. The van der Waals surface area contributed by atoms with Crippen molar-refractivity contribution >= 4 is 40.9 Å². The lowest BCUT2D eigenvalue weighted by molar-refractivity contribution is -0.144. The smallest absolute Gasteiger partial charge is 0.316 e. The number of piperazine rings is 1. The number of hydrogen-bond acceptors (Lipinski definition) is 5. The molecule has 0 saturated carbocycles. The Bertz CT molecular complexity index is 575. The van der Waals surface area contributed by atoms with Crippen LogP contribution in [-0.2, 0) is 14.3 Å². The van der Waals surface area contributed by atoms with Crippen molar-refractivity contribution in [3.63, 3.8) is 0 Å². The van der Waals surface area contributed by atoms with Gasteiger partial charge < -0.3 is 14.5 Å². The highest BCUT2D eigenvalue weighted by Gasteiger charge is 2.21. The van der Waals surface area contributed by atoms with Crippen molar-refractivity contribution in [1.82, 2.24) is 4.90 Å². The van der Waals surface area contributed by atoms with Crippen molar-refractivity contribution in [2.45, 2.75) is 20.0 Å². The lowest BCUT2D eigenvalue weighted by Gasteiger charge is -2.36. The fourth-order valence-corrected chi connectivity index (χ4v) is 3.38. The summed E-state index contributed by atoms with van der Waals surface area (Å²) in [4.78, 5) is 27.7. The molecule has 0 radical (unpaired) electrons. The molecule has 1 aromatic rings. The van der Waals surface area contributed by atoms with Crippen LogP contribution in [0.25, 0.3) is 0 Å². The molecule has 5 nitrogen and oxygen atoms in total. The maximum atomic E-state index is 12.2. The van der Waals surface area contributed by atoms with Crippen LogP contribution in [0.1, 0.15) is 13.8 Å². The molecule has 0 atom stereocenters. The number of rotatable bonds is 6. The van der Waals surface area contributed by atoms with E-state index in [1.807, 2.05) is 43.0 Å². The zero-order valence-electron chi connectivity index (χ0n) is 14.0. The number of ether oxygens (including phenoxy) is 1. The minimum atomic E-state index is -0.270. The van der Waals surface area contributed by atoms with E-state index in [0.29, 0.717) is 18.8 Å². The van der Waals surface area contributed by atoms with Gasteiger partial charge in [-0.3, -0.25) is 9.59 Å². The molecule has 1 aromatic carbocycles. The summed E-state index contributed by atoms with van der Waals surface area (Å²) >= 11 is 7.33. The summed E-state index contributed by atoms with van der Waals surface area (Å²) in [7, 11) is 0. The molecule has 1 aliphatic heterocycles. The minimum absolute atomic E-state index is 0.0723. The Labute approximate surface area is 152 Å². The fraction of sp³-hybridized carbons (Fsp3) is 0.529. The van der Waals surface area contributed by atoms with Gasteiger partial charge in [0.05, 0.1) is 17.6 Å². The van der Waals surface area contributed by atoms with E-state index in [4.69, 9.17) is 16.3 Å². The van der Waals surface area contributed by atoms with Gasteiger partial charge in [-0.05, 0) is 32.0 Å². The first-order chi connectivity index (χ1) is 11.5. The highest BCUT2D eigenvalue weighted by atomic mass is 35.5. The monoisotopic (exact) mass is 370 g/mol. The van der Waals surface area contributed by atoms with Gasteiger partial charge in [0.2, 0.25) is 5.91 Å². The first-order valence-electron chi connectivity index (χ1n) is 8.01. The van der Waals surface area contributed by atoms with Crippen LogP contribution < -0.4 is 4.90 Å². The van der Waals surface area contributed by atoms with Gasteiger partial charge in [-0.2, -0.15) is 0 Å². The molecule has 1 amide bonds. The molecule has 2 rings (SSSR count). The molecule has 0 spiro atoms. The van der Waals surface area contributed by atoms with Crippen molar-refractivity contribution in [3.8, 4) is 0 Å². The number of halogens is 1. The highest BCUT2D eigenvalue weighted by Crippen LogP contribution is 2.21. The standard InChI is InChI=1S/C17H23ClN2O3S/c1-13(2)23-17(22)12-24-11-16(21)20-8-6-19(7-9-20)15-5-3-4-14(18)10-15/h3-5,10,13H,6-9,11-12H2,1-2H3. The van der Waals surface area contributed by atoms with E-state index in [0.717, 1.165) is 23.8 Å². The van der Waals surface area contributed by atoms with Crippen LogP contribution in [0.15, 0.2) is 24.3 Å². The molecule has 24 heavy (non-hydrogen) atoms. The second kappa shape index (κ2) is 9.18. The highest BCUT2D eigenvalue weighted by molar-refractivity contribution is 8.00. The number of nitrogens with zero attached hydrogens (tertiary/aromatic N) is 2. The molecular formula is C17H23ClN2O3S. The largest absolute Gasteiger partial charge is 0.462 e. The number of carbonyl (C=O) groups is 2. The molecule has 0 aromatic heterocycles. The van der Waals surface area contributed by atoms with Gasteiger partial charge in [0, 0.05) is 36.9 Å². The normalized spacial score (nSPS) is 14.8. The van der Waals surface area contributed by atoms with E-state index in [9.17, 15) is 9.59 Å². The molecule has 0 N–H and O–H groups in total. The lowest BCUT2D eigenvalue weighted by atomic mass is 10.2. The third-order valence-corrected chi connectivity index (χ3v) is 4.74. The molecule has 1 fully saturated rings. The zero-order valence-corrected chi connectivity index (χ0v) is 15.6. The average Bonchev–Trinajstić information content (AvgIpc) is 2.54. The lowest BCUT2D eigenvalue weighted by Crippen LogP contribution is -2.49. The first kappa shape index (κ1) is 18.9. The number of carbonyl (C=O) groups excluding carboxylic acids is 2. The van der Waals surface area contributed by atoms with Crippen LogP contribution in [0.2, 0.25) is 5.02 Å². The Hall–Kier alpha value is -1.40. The van der Waals surface area contributed by atoms with Crippen molar-refractivity contribution in [3.05, 3.63) is 29.3 Å². The summed E-state index contributed by atoms with van der Waals surface area (Å²) in [5.41, 5.74) is 1.08. The second-order valence-corrected chi connectivity index (χ2v) is 7.30. The first-order valence-corrected chi connectivity index (χ1v) is 9.54. The van der Waals surface area contributed by atoms with Crippen LogP contribution in [-0.4, -0.2) is 60.6 Å². The maximum Gasteiger partial charge on any atom is 0.316 e. The summed E-state index contributed by atoms with van der Waals surface area (Å²) in [5.74, 6) is 0.327. The third kappa shape index (κ3) is 5.91. The Morgan fingerprint density at radius 3 is 2.54 bits per heavy atom. The van der Waals surface area contributed by atoms with Crippen molar-refractivity contribution in [2.24, 2.45) is 0 Å². The molecule has 1 aliphatic rings. The Balaban J connectivity index is 1.72. The van der Waals surface area contributed by atoms with E-state index in [1.54, 1.807) is 0 Å². The zero-order chi connectivity index (χ0) is 17.5. The summed E-state index contributed by atoms with van der Waals surface area (Å²) < 4.78 is 5.05. The third-order valence-electron chi connectivity index (χ3n) is 3.62. The number of thioether (sulfide) groups is 1. The number of benzene rings is 1. The van der Waals surface area contributed by atoms with Crippen molar-refractivity contribution in [1.29, 1.82) is 0 Å². The van der Waals surface area contributed by atoms with Gasteiger partial charge >= 0.3 is 5.97 Å². The topological polar surface area (TPSA) is 49.9 Å². The van der Waals surface area contributed by atoms with Gasteiger partial charge in [0.25, 0.3) is 0 Å². The number of esters is 1. The van der Waals surface area contributed by atoms with E-state index >= 15 is 0 Å². The number of amides is 1. The van der Waals surface area contributed by atoms with Gasteiger partial charge in [0.15, 0.2) is 0 Å². The fourth-order valence-electron chi connectivity index (χ4n) is 2.50. The predicted octanol–water partition coefficient (Wildman–Crippen LogP) is 2.67. The van der Waals surface area contributed by atoms with Gasteiger partial charge in [-0.25, -0.2) is 0 Å². The van der Waals surface area contributed by atoms with Crippen LogP contribution in [0.4, 0.5) is 5.69 Å². The van der Waals surface area contributed by atoms with Crippen LogP contribution in [0, 0.1) is 0 Å². The van der Waals surface area contributed by atoms with Crippen LogP contribution >= 0.6 is 23.4 Å². The van der Waals surface area contributed by atoms with Crippen molar-refractivity contribution < 1.29 is 14.3 Å². The van der Waals surface area contributed by atoms with Crippen molar-refractivity contribution in [2.75, 3.05) is 42.6 Å². The molecule has 0 unspecified atom stereocenters. The summed E-state index contributed by atoms with van der Waals surface area (Å²) in [6, 6.07) is 7.75. The molecule has 0 aliphatic carbocycles. The molecular weight excluding hydrogens is 348 g/mol. The van der Waals surface area contributed by atoms with Gasteiger partial charge in [-0.1, -0.05) is 17.7 Å². The van der Waals surface area contributed by atoms with Crippen LogP contribution in [0.5, 0.6) is 0 Å². The van der Waals surface area contributed by atoms with E-state index in [1.165, 1.54) is 11.8 Å². The Morgan fingerprint density at radius 1 is 1.21 bits per heavy atom. The van der Waals surface area contributed by atoms with E-state index in [-0.39, 0.29) is 23.7 Å². The molecule has 0 bridgehead atoms. The number of hydrogen-bond donors (Lipinski definition) is 0. The molecule has 132 valence electrons. The predicted molar refractivity (Wildman–Crippen MR) is 98.8 cm³/mol. The van der Waals surface area contributed by atoms with Gasteiger partial charge in [0.1, 0.15) is 0 Å². The van der Waals surface area contributed by atoms with E-state index < -0.39 is 0 Å². The quantitative estimate of drug-likeness (QED) is 0.720. The number of anilines is 1. The average molecular weight is 371 g/mol. The molecule has 1 heterocycles. The maximum absolute atomic E-state index is 12.2. The van der Waals surface area contributed by atoms with E-state index in [2.05, 4.69) is 4.90 Å². The van der Waals surface area contributed by atoms with Gasteiger partial charge in [-0.15, -0.1) is 11.8 Å². The molecule has 7 heteroatoms. The summed E-state index contributed by atoms with van der Waals surface area (Å²) in [6.45, 7) is 6.56. The Morgan fingerprint density at radius 2 is 1.92 bits per heavy atom. The minimum Gasteiger partial charge on any atom is -0.462 e. The summed E-state index contributed by atoms with van der Waals surface area (Å²) in [6.07, 6.45) is -0.117. The second-order valence-electron chi connectivity index (χ2n) is 5.88. The summed E-state index contributed by atoms with van der Waals surface area (Å²) in [5, 5.41) is 0.718. The SMILES string of the molecule is CC(C)OC(=O)CSCC(=O)N1CCN(c2cccc(Cl)c2)CC1. The molecule has 1 saturated heterocycles.